The standard InChI is InChI=1S/C21H23IN6O3.C21H23N9O3.C21H25N7O3/c1-23-19(31)21-9-12(21)14(15(29)16(21)30)28-10-25-13-17(26-20(22)27-18(13)28)24-8-7-11-5-3-2-4-6-11;1-23-19(33)21-9-12(21)14(15(31)16(21)32)30-10-25-13-17(26-20(28-29-22)27-18(13)30)24-8-7-11-5-3-2-4-6-11;1-23-19(31)21-9-12(21)14(15(29)16(21)30)28-10-25-13-17(26-20(22)27-18(13)28)24-8-7-11-5-3-2-4-6-11/h2-6,10,12,14-16,29-30H,7-9H2,1H3,(H,23,31)(H,24,26,27);2-6,10,12,14-16,31-32H,7-9H2,1H3,(H,23,33)(H,24,26,27);2-6,10,12,14-16,29-30H,7-9H2,1H3,(H,23,31)(H3,22,24,26,27)/t3*12-,14-,15-,16?,21+/m111/s1. The van der Waals surface area contributed by atoms with Crippen LogP contribution in [0.2, 0.25) is 0 Å². The lowest BCUT2D eigenvalue weighted by Crippen LogP contribution is -2.41. The zero-order valence-electron chi connectivity index (χ0n) is 51.8. The number of anilines is 4. The molecule has 6 aliphatic rings. The van der Waals surface area contributed by atoms with E-state index in [9.17, 15) is 45.0 Å². The van der Waals surface area contributed by atoms with Crippen LogP contribution >= 0.6 is 22.6 Å². The number of carbonyl (C=O) groups excluding carboxylic acids is 3. The number of hydrogen-bond donors (Lipinski definition) is 13. The van der Waals surface area contributed by atoms with Gasteiger partial charge in [0.05, 0.1) is 71.7 Å². The highest BCUT2D eigenvalue weighted by atomic mass is 127. The fourth-order valence-electron chi connectivity index (χ4n) is 15.1. The Kier molecular flexibility index (Phi) is 17.5. The molecule has 0 bridgehead atoms. The van der Waals surface area contributed by atoms with Crippen LogP contribution in [-0.2, 0) is 33.6 Å². The molecule has 15 atom stereocenters. The molecule has 32 heteroatoms. The summed E-state index contributed by atoms with van der Waals surface area (Å²) in [5, 5.41) is 85.4. The summed E-state index contributed by atoms with van der Waals surface area (Å²) in [5.41, 5.74) is 18.5. The van der Waals surface area contributed by atoms with Gasteiger partial charge in [-0.25, -0.2) is 34.9 Å². The van der Waals surface area contributed by atoms with Gasteiger partial charge in [0.25, 0.3) is 0 Å². The number of nitrogens with zero attached hydrogens (tertiary/aromatic N) is 15. The number of rotatable bonds is 19. The zero-order chi connectivity index (χ0) is 66.7. The highest BCUT2D eigenvalue weighted by Gasteiger charge is 2.77. The van der Waals surface area contributed by atoms with Crippen LogP contribution in [0, 0.1) is 37.8 Å². The highest BCUT2D eigenvalue weighted by molar-refractivity contribution is 14.1. The Balaban J connectivity index is 0.000000129. The number of carbonyl (C=O) groups is 3. The van der Waals surface area contributed by atoms with Crippen molar-refractivity contribution in [3.05, 3.63) is 141 Å². The van der Waals surface area contributed by atoms with Crippen molar-refractivity contribution >= 4 is 103 Å². The van der Waals surface area contributed by atoms with E-state index < -0.39 is 71.0 Å². The van der Waals surface area contributed by atoms with Crippen molar-refractivity contribution in [1.82, 2.24) is 74.5 Å². The first kappa shape index (κ1) is 64.4. The Labute approximate surface area is 555 Å². The third kappa shape index (κ3) is 11.2. The molecular weight excluding hydrogens is 1340 g/mol. The second-order valence-corrected chi connectivity index (χ2v) is 25.8. The van der Waals surface area contributed by atoms with Crippen molar-refractivity contribution < 1.29 is 45.0 Å². The lowest BCUT2D eigenvalue weighted by atomic mass is 9.98. The van der Waals surface area contributed by atoms with Gasteiger partial charge in [-0.15, -0.1) is 0 Å². The number of aliphatic hydroxyl groups excluding tert-OH is 6. The van der Waals surface area contributed by atoms with Gasteiger partial charge in [0.1, 0.15) is 23.8 Å². The van der Waals surface area contributed by atoms with E-state index >= 15 is 0 Å². The number of imidazole rings is 3. The molecule has 494 valence electrons. The van der Waals surface area contributed by atoms with Gasteiger partial charge < -0.3 is 82.0 Å². The van der Waals surface area contributed by atoms with Gasteiger partial charge in [0, 0.05) is 86.0 Å². The van der Waals surface area contributed by atoms with Gasteiger partial charge in [-0.05, 0) is 65.9 Å². The molecular formula is C63H71IN22O9. The zero-order valence-corrected chi connectivity index (χ0v) is 53.9. The molecule has 0 radical (unpaired) electrons. The van der Waals surface area contributed by atoms with Gasteiger partial charge in [-0.1, -0.05) is 91.0 Å². The molecule has 6 heterocycles. The van der Waals surface area contributed by atoms with E-state index in [0.717, 1.165) is 24.8 Å². The third-order valence-electron chi connectivity index (χ3n) is 20.0. The van der Waals surface area contributed by atoms with Crippen LogP contribution < -0.4 is 37.6 Å². The summed E-state index contributed by atoms with van der Waals surface area (Å²) in [6, 6.07) is 28.6. The summed E-state index contributed by atoms with van der Waals surface area (Å²) in [6.45, 7) is 1.88. The van der Waals surface area contributed by atoms with Crippen LogP contribution in [0.4, 0.5) is 29.4 Å². The summed E-state index contributed by atoms with van der Waals surface area (Å²) in [5.74, 6) is 0.107. The molecule has 3 amide bonds. The average molecular weight is 1410 g/mol. The number of fused-ring (bicyclic) bond motifs is 6. The molecule has 3 unspecified atom stereocenters. The van der Waals surface area contributed by atoms with Crippen molar-refractivity contribution in [3.63, 3.8) is 0 Å². The molecule has 6 aromatic heterocycles. The first-order chi connectivity index (χ1) is 45.9. The smallest absolute Gasteiger partial charge is 0.229 e. The topological polar surface area (TPSA) is 450 Å². The van der Waals surface area contributed by atoms with Gasteiger partial charge in [0.2, 0.25) is 29.6 Å². The molecule has 0 spiro atoms. The van der Waals surface area contributed by atoms with Gasteiger partial charge in [-0.2, -0.15) is 9.97 Å². The average Bonchev–Trinajstić information content (AvgIpc) is 1.53. The number of benzene rings is 3. The number of nitrogens with two attached hydrogens (primary N) is 1. The number of aromatic nitrogens is 12. The van der Waals surface area contributed by atoms with Crippen LogP contribution in [0.3, 0.4) is 0 Å². The SMILES string of the molecule is CNC(=O)[C@@]12C[C@@H]1[C@@H](n1cnc3c(NCCc4ccccc4)nc(I)nc31)[C@@H](O)C2O.CNC(=O)[C@@]12C[C@@H]1[C@@H](n1cnc3c(NCCc4ccccc4)nc(N)nc31)[C@@H](O)C2O.CNC(=O)[C@@]12C[C@@H]1[C@@H](n1cnc3c(NCCc4ccccc4)nc(N=[N+]=[N-])nc31)[C@@H](O)C2O. The Morgan fingerprint density at radius 3 is 1.22 bits per heavy atom. The predicted octanol–water partition coefficient (Wildman–Crippen LogP) is 2.66. The van der Waals surface area contributed by atoms with Crippen LogP contribution in [0.25, 0.3) is 43.9 Å². The Bertz CT molecular complexity index is 4230. The van der Waals surface area contributed by atoms with E-state index in [0.29, 0.717) is 93.7 Å². The third-order valence-corrected chi connectivity index (χ3v) is 20.4. The maximum Gasteiger partial charge on any atom is 0.229 e. The fourth-order valence-corrected chi connectivity index (χ4v) is 15.6. The second-order valence-electron chi connectivity index (χ2n) is 24.9. The minimum absolute atomic E-state index is 0.0813. The number of amides is 3. The molecule has 6 saturated carbocycles. The number of azide groups is 1. The number of nitrogens with one attached hydrogen (secondary N) is 6. The van der Waals surface area contributed by atoms with Crippen molar-refractivity contribution in [3.8, 4) is 0 Å². The second kappa shape index (κ2) is 25.8. The molecule has 14 N–H and O–H groups in total. The highest BCUT2D eigenvalue weighted by Crippen LogP contribution is 2.70. The van der Waals surface area contributed by atoms with E-state index in [4.69, 9.17) is 11.3 Å². The first-order valence-electron chi connectivity index (χ1n) is 31.2. The number of aliphatic hydroxyl groups is 6. The van der Waals surface area contributed by atoms with Crippen molar-refractivity contribution in [2.45, 2.75) is 93.3 Å². The Hall–Kier alpha value is -9.28. The molecule has 15 rings (SSSR count). The summed E-state index contributed by atoms with van der Waals surface area (Å²) in [4.78, 5) is 79.7. The summed E-state index contributed by atoms with van der Waals surface area (Å²) >= 11 is 2.06. The monoisotopic (exact) mass is 1410 g/mol. The Morgan fingerprint density at radius 2 is 0.863 bits per heavy atom. The van der Waals surface area contributed by atoms with Crippen LogP contribution in [0.5, 0.6) is 0 Å². The largest absolute Gasteiger partial charge is 0.389 e. The summed E-state index contributed by atoms with van der Waals surface area (Å²) in [7, 11) is 4.60. The molecule has 9 aromatic rings. The number of halogens is 1. The van der Waals surface area contributed by atoms with Crippen molar-refractivity contribution in [2.75, 3.05) is 62.5 Å². The molecule has 0 aliphatic heterocycles. The molecule has 31 nitrogen and oxygen atoms in total. The quantitative estimate of drug-likeness (QED) is 0.0182. The van der Waals surface area contributed by atoms with Gasteiger partial charge in [0.15, 0.2) is 49.3 Å². The summed E-state index contributed by atoms with van der Waals surface area (Å²) < 4.78 is 5.70. The predicted molar refractivity (Wildman–Crippen MR) is 355 cm³/mol. The van der Waals surface area contributed by atoms with Crippen LogP contribution in [0.15, 0.2) is 115 Å². The van der Waals surface area contributed by atoms with Crippen molar-refractivity contribution in [2.24, 2.45) is 39.1 Å². The molecule has 95 heavy (non-hydrogen) atoms. The van der Waals surface area contributed by atoms with Gasteiger partial charge >= 0.3 is 0 Å². The lowest BCUT2D eigenvalue weighted by Gasteiger charge is -2.23. The van der Waals surface area contributed by atoms with E-state index in [2.05, 4.69) is 134 Å². The van der Waals surface area contributed by atoms with E-state index in [1.165, 1.54) is 31.5 Å². The molecule has 0 saturated heterocycles. The maximum absolute atomic E-state index is 12.4. The van der Waals surface area contributed by atoms with Crippen LogP contribution in [0.1, 0.15) is 54.1 Å². The number of nitrogen functional groups attached to an aromatic ring is 1. The van der Waals surface area contributed by atoms with Crippen LogP contribution in [-0.4, -0.2) is 184 Å². The number of hydrogen-bond acceptors (Lipinski definition) is 23. The minimum atomic E-state index is -1.20. The van der Waals surface area contributed by atoms with Gasteiger partial charge in [-0.3, -0.25) is 14.4 Å². The minimum Gasteiger partial charge on any atom is -0.389 e. The van der Waals surface area contributed by atoms with E-state index in [-0.39, 0.29) is 47.4 Å². The fraction of sp³-hybridized carbons (Fsp3) is 0.429. The lowest BCUT2D eigenvalue weighted by molar-refractivity contribution is -0.132. The molecule has 3 aromatic carbocycles. The van der Waals surface area contributed by atoms with E-state index in [1.54, 1.807) is 33.4 Å². The first-order valence-corrected chi connectivity index (χ1v) is 32.3. The molecule has 6 fully saturated rings. The Morgan fingerprint density at radius 1 is 0.526 bits per heavy atom. The summed E-state index contributed by atoms with van der Waals surface area (Å²) in [6.07, 6.45) is 1.73. The van der Waals surface area contributed by atoms with E-state index in [1.807, 2.05) is 66.7 Å². The molecule has 6 aliphatic carbocycles. The maximum atomic E-state index is 12.4. The van der Waals surface area contributed by atoms with Crippen molar-refractivity contribution in [1.29, 1.82) is 0 Å². The normalized spacial score (nSPS) is 28.5.